The second kappa shape index (κ2) is 6.63. The molecule has 0 spiro atoms. The smallest absolute Gasteiger partial charge is 0.423 e. The molecule has 0 saturated heterocycles. The third-order valence-electron chi connectivity index (χ3n) is 4.16. The highest BCUT2D eigenvalue weighted by molar-refractivity contribution is 5.71. The highest BCUT2D eigenvalue weighted by atomic mass is 19.4. The molecule has 0 aliphatic carbocycles. The number of nitrogen functional groups attached to an aromatic ring is 1. The number of anilines is 1. The van der Waals surface area contributed by atoms with E-state index < -0.39 is 23.9 Å². The van der Waals surface area contributed by atoms with Crippen molar-refractivity contribution in [3.63, 3.8) is 0 Å². The Balaban J connectivity index is 2.15. The van der Waals surface area contributed by atoms with E-state index in [9.17, 15) is 23.4 Å². The molecular weight excluding hydrogens is 365 g/mol. The normalized spacial score (nSPS) is 14.1. The molecule has 142 valence electrons. The number of aromatic nitrogens is 3. The van der Waals surface area contributed by atoms with Gasteiger partial charge in [0.25, 0.3) is 0 Å². The third kappa shape index (κ3) is 3.24. The number of hydrogen-bond acceptors (Lipinski definition) is 7. The van der Waals surface area contributed by atoms with Gasteiger partial charge in [0.05, 0.1) is 24.7 Å². The van der Waals surface area contributed by atoms with E-state index in [4.69, 9.17) is 10.2 Å². The second-order valence-corrected chi connectivity index (χ2v) is 5.90. The van der Waals surface area contributed by atoms with Crippen LogP contribution in [-0.2, 0) is 5.60 Å². The number of aryl methyl sites for hydroxylation is 1. The minimum atomic E-state index is -5.06. The number of benzene rings is 1. The predicted molar refractivity (Wildman–Crippen MR) is 89.2 cm³/mol. The maximum Gasteiger partial charge on any atom is 0.423 e. The second-order valence-electron chi connectivity index (χ2n) is 5.90. The molecule has 0 radical (unpaired) electrons. The van der Waals surface area contributed by atoms with Crippen LogP contribution in [0.1, 0.15) is 11.1 Å². The van der Waals surface area contributed by atoms with Crippen molar-refractivity contribution in [3.8, 4) is 22.7 Å². The first kappa shape index (κ1) is 18.8. The molecule has 0 unspecified atom stereocenters. The van der Waals surface area contributed by atoms with Crippen LogP contribution < -0.4 is 5.73 Å². The van der Waals surface area contributed by atoms with Crippen molar-refractivity contribution in [1.82, 2.24) is 15.0 Å². The van der Waals surface area contributed by atoms with Gasteiger partial charge in [0.1, 0.15) is 0 Å². The molecule has 0 amide bonds. The number of alkyl halides is 3. The van der Waals surface area contributed by atoms with Crippen molar-refractivity contribution >= 4 is 5.82 Å². The maximum absolute atomic E-state index is 13.3. The molecule has 4 N–H and O–H groups in total. The van der Waals surface area contributed by atoms with E-state index in [1.807, 2.05) is 0 Å². The lowest BCUT2D eigenvalue weighted by Gasteiger charge is -2.29. The average Bonchev–Trinajstić information content (AvgIpc) is 3.15. The maximum atomic E-state index is 13.3. The van der Waals surface area contributed by atoms with Crippen LogP contribution in [0.5, 0.6) is 0 Å². The van der Waals surface area contributed by atoms with E-state index in [2.05, 4.69) is 15.0 Å². The molecule has 0 saturated carbocycles. The zero-order valence-corrected chi connectivity index (χ0v) is 14.0. The zero-order valence-electron chi connectivity index (χ0n) is 14.0. The number of aliphatic hydroxyl groups is 2. The van der Waals surface area contributed by atoms with Gasteiger partial charge in [0, 0.05) is 5.56 Å². The highest BCUT2D eigenvalue weighted by Crippen LogP contribution is 2.40. The lowest BCUT2D eigenvalue weighted by atomic mass is 9.90. The Morgan fingerprint density at radius 3 is 2.56 bits per heavy atom. The fourth-order valence-corrected chi connectivity index (χ4v) is 2.54. The fourth-order valence-electron chi connectivity index (χ4n) is 2.54. The first-order valence-electron chi connectivity index (χ1n) is 7.70. The van der Waals surface area contributed by atoms with Gasteiger partial charge < -0.3 is 20.4 Å². The van der Waals surface area contributed by atoms with E-state index in [0.29, 0.717) is 5.56 Å². The van der Waals surface area contributed by atoms with E-state index in [1.165, 1.54) is 24.9 Å². The number of hydrogen-bond donors (Lipinski definition) is 3. The Hall–Kier alpha value is -2.98. The van der Waals surface area contributed by atoms with Gasteiger partial charge in [0.15, 0.2) is 23.7 Å². The Morgan fingerprint density at radius 2 is 1.96 bits per heavy atom. The highest BCUT2D eigenvalue weighted by Gasteiger charge is 2.54. The van der Waals surface area contributed by atoms with Crippen molar-refractivity contribution in [2.75, 3.05) is 12.3 Å². The first-order valence-corrected chi connectivity index (χ1v) is 7.70. The number of nitrogens with zero attached hydrogens (tertiary/aromatic N) is 3. The summed E-state index contributed by atoms with van der Waals surface area (Å²) in [7, 11) is 0. The molecule has 1 atom stereocenters. The molecule has 0 aliphatic rings. The van der Waals surface area contributed by atoms with Crippen molar-refractivity contribution < 1.29 is 27.8 Å². The van der Waals surface area contributed by atoms with Crippen LogP contribution in [0.3, 0.4) is 0 Å². The summed E-state index contributed by atoms with van der Waals surface area (Å²) in [5.74, 6) is 0.310. The molecular formula is C17H15F3N4O3. The Bertz CT molecular complexity index is 961. The van der Waals surface area contributed by atoms with E-state index in [1.54, 1.807) is 6.92 Å². The van der Waals surface area contributed by atoms with Crippen LogP contribution in [0, 0.1) is 6.92 Å². The SMILES string of the molecule is Cc1ccc([C@](O)(CO)C(F)(F)F)cc1-c1cnc(N)c(-c2cnco2)n1. The number of oxazole rings is 1. The van der Waals surface area contributed by atoms with Crippen molar-refractivity contribution in [1.29, 1.82) is 0 Å². The Morgan fingerprint density at radius 1 is 1.22 bits per heavy atom. The summed E-state index contributed by atoms with van der Waals surface area (Å²) in [6.07, 6.45) is -1.21. The number of aliphatic hydroxyl groups excluding tert-OH is 1. The minimum Gasteiger partial charge on any atom is -0.442 e. The summed E-state index contributed by atoms with van der Waals surface area (Å²) in [5.41, 5.74) is 3.16. The van der Waals surface area contributed by atoms with Gasteiger partial charge >= 0.3 is 6.18 Å². The minimum absolute atomic E-state index is 0.0615. The lowest BCUT2D eigenvalue weighted by Crippen LogP contribution is -2.45. The molecule has 7 nitrogen and oxygen atoms in total. The number of nitrogens with two attached hydrogens (primary N) is 1. The molecule has 2 heterocycles. The molecule has 10 heteroatoms. The van der Waals surface area contributed by atoms with Gasteiger partial charge in [0.2, 0.25) is 5.60 Å². The molecule has 3 aromatic rings. The monoisotopic (exact) mass is 380 g/mol. The van der Waals surface area contributed by atoms with Crippen LogP contribution in [0.4, 0.5) is 19.0 Å². The quantitative estimate of drug-likeness (QED) is 0.636. The van der Waals surface area contributed by atoms with E-state index in [0.717, 1.165) is 12.1 Å². The van der Waals surface area contributed by atoms with Crippen LogP contribution in [0.2, 0.25) is 0 Å². The molecule has 1 aromatic carbocycles. The van der Waals surface area contributed by atoms with Crippen LogP contribution in [-0.4, -0.2) is 37.9 Å². The summed E-state index contributed by atoms with van der Waals surface area (Å²) in [6.45, 7) is 0.145. The number of rotatable bonds is 4. The van der Waals surface area contributed by atoms with Crippen molar-refractivity contribution in [2.45, 2.75) is 18.7 Å². The zero-order chi connectivity index (χ0) is 19.8. The summed E-state index contributed by atoms with van der Waals surface area (Å²) in [5, 5.41) is 19.2. The summed E-state index contributed by atoms with van der Waals surface area (Å²) >= 11 is 0. The summed E-state index contributed by atoms with van der Waals surface area (Å²) in [4.78, 5) is 12.1. The Labute approximate surface area is 151 Å². The van der Waals surface area contributed by atoms with Crippen molar-refractivity contribution in [3.05, 3.63) is 48.1 Å². The van der Waals surface area contributed by atoms with Gasteiger partial charge in [-0.15, -0.1) is 0 Å². The topological polar surface area (TPSA) is 118 Å². The van der Waals surface area contributed by atoms with Crippen LogP contribution in [0.15, 0.2) is 41.4 Å². The molecule has 2 aromatic heterocycles. The average molecular weight is 380 g/mol. The number of halogens is 3. The largest absolute Gasteiger partial charge is 0.442 e. The van der Waals surface area contributed by atoms with Gasteiger partial charge in [-0.3, -0.25) is 0 Å². The molecule has 0 aliphatic heterocycles. The first-order chi connectivity index (χ1) is 12.7. The third-order valence-corrected chi connectivity index (χ3v) is 4.16. The molecule has 3 rings (SSSR count). The fraction of sp³-hybridized carbons (Fsp3) is 0.235. The van der Waals surface area contributed by atoms with Crippen LogP contribution >= 0.6 is 0 Å². The lowest BCUT2D eigenvalue weighted by molar-refractivity contribution is -0.277. The van der Waals surface area contributed by atoms with E-state index in [-0.39, 0.29) is 28.5 Å². The standard InChI is InChI=1S/C17H15F3N4O3/c1-9-2-3-10(16(26,7-25)17(18,19)20)4-11(9)12-5-23-15(21)14(24-12)13-6-22-8-27-13/h2-6,8,25-26H,7H2,1H3,(H2,21,23)/t16-/m1/s1. The Kier molecular flexibility index (Phi) is 4.62. The summed E-state index contributed by atoms with van der Waals surface area (Å²) < 4.78 is 44.9. The van der Waals surface area contributed by atoms with Crippen LogP contribution in [0.25, 0.3) is 22.7 Å². The van der Waals surface area contributed by atoms with Gasteiger partial charge in [-0.2, -0.15) is 13.2 Å². The van der Waals surface area contributed by atoms with Gasteiger partial charge in [-0.25, -0.2) is 15.0 Å². The predicted octanol–water partition coefficient (Wildman–Crippen LogP) is 2.43. The van der Waals surface area contributed by atoms with E-state index >= 15 is 0 Å². The molecule has 0 fully saturated rings. The van der Waals surface area contributed by atoms with Gasteiger partial charge in [-0.1, -0.05) is 12.1 Å². The molecule has 27 heavy (non-hydrogen) atoms. The summed E-state index contributed by atoms with van der Waals surface area (Å²) in [6, 6.07) is 3.61. The molecule has 0 bridgehead atoms. The van der Waals surface area contributed by atoms with Crippen molar-refractivity contribution in [2.24, 2.45) is 0 Å². The van der Waals surface area contributed by atoms with Gasteiger partial charge in [-0.05, 0) is 24.1 Å².